The first kappa shape index (κ1) is 15.3. The zero-order valence-electron chi connectivity index (χ0n) is 12.6. The maximum atomic E-state index is 12.2. The normalized spacial score (nSPS) is 15.4. The molecule has 0 aliphatic carbocycles. The lowest BCUT2D eigenvalue weighted by Crippen LogP contribution is -2.34. The molecule has 2 rings (SSSR count). The second kappa shape index (κ2) is 7.05. The predicted octanol–water partition coefficient (Wildman–Crippen LogP) is 0.774. The number of anilines is 1. The van der Waals surface area contributed by atoms with Crippen molar-refractivity contribution in [3.8, 4) is 0 Å². The minimum Gasteiger partial charge on any atom is -0.341 e. The number of nitrogens with zero attached hydrogens (tertiary/aromatic N) is 5. The summed E-state index contributed by atoms with van der Waals surface area (Å²) in [4.78, 5) is 27.0. The summed E-state index contributed by atoms with van der Waals surface area (Å²) in [5.74, 6) is 0.393. The molecule has 3 amide bonds. The quantitative estimate of drug-likeness (QED) is 0.892. The molecule has 1 aliphatic rings. The molecule has 1 aromatic heterocycles. The van der Waals surface area contributed by atoms with Gasteiger partial charge < -0.3 is 9.80 Å². The predicted molar refractivity (Wildman–Crippen MR) is 77.8 cm³/mol. The first-order chi connectivity index (χ1) is 10.1. The Labute approximate surface area is 124 Å². The Morgan fingerprint density at radius 2 is 1.90 bits per heavy atom. The number of urea groups is 1. The summed E-state index contributed by atoms with van der Waals surface area (Å²) in [6.45, 7) is 1.79. The average molecular weight is 294 g/mol. The van der Waals surface area contributed by atoms with Crippen molar-refractivity contribution in [2.75, 3.05) is 32.5 Å². The van der Waals surface area contributed by atoms with Crippen LogP contribution in [0.1, 0.15) is 25.7 Å². The first-order valence-corrected chi connectivity index (χ1v) is 7.22. The van der Waals surface area contributed by atoms with E-state index in [2.05, 4.69) is 15.6 Å². The van der Waals surface area contributed by atoms with E-state index >= 15 is 0 Å². The van der Waals surface area contributed by atoms with Crippen molar-refractivity contribution in [1.29, 1.82) is 0 Å². The SMILES string of the molecule is CN(C)C(=O)Nc1cn(CC(=O)N2CCCCCC2)nn1. The number of carbonyl (C=O) groups excluding carboxylic acids is 2. The van der Waals surface area contributed by atoms with Gasteiger partial charge in [-0.3, -0.25) is 10.1 Å². The Hall–Kier alpha value is -2.12. The van der Waals surface area contributed by atoms with E-state index in [1.54, 1.807) is 20.3 Å². The monoisotopic (exact) mass is 294 g/mol. The third-order valence-electron chi connectivity index (χ3n) is 3.44. The van der Waals surface area contributed by atoms with Gasteiger partial charge in [0.15, 0.2) is 5.82 Å². The molecule has 116 valence electrons. The van der Waals surface area contributed by atoms with E-state index in [1.165, 1.54) is 22.4 Å². The second-order valence-electron chi connectivity index (χ2n) is 5.42. The van der Waals surface area contributed by atoms with Gasteiger partial charge in [0.25, 0.3) is 0 Å². The number of nitrogens with one attached hydrogen (secondary N) is 1. The van der Waals surface area contributed by atoms with Crippen LogP contribution in [0.3, 0.4) is 0 Å². The first-order valence-electron chi connectivity index (χ1n) is 7.22. The van der Waals surface area contributed by atoms with E-state index < -0.39 is 0 Å². The van der Waals surface area contributed by atoms with Gasteiger partial charge in [-0.05, 0) is 12.8 Å². The highest BCUT2D eigenvalue weighted by atomic mass is 16.2. The number of likely N-dealkylation sites (tertiary alicyclic amines) is 1. The summed E-state index contributed by atoms with van der Waals surface area (Å²) in [6, 6.07) is -0.277. The molecule has 1 aromatic rings. The van der Waals surface area contributed by atoms with E-state index in [4.69, 9.17) is 0 Å². The number of carbonyl (C=O) groups is 2. The van der Waals surface area contributed by atoms with Crippen molar-refractivity contribution >= 4 is 17.8 Å². The molecule has 0 spiro atoms. The standard InChI is InChI=1S/C13H22N6O2/c1-17(2)13(21)14-11-9-19(16-15-11)10-12(20)18-7-5-3-4-6-8-18/h9H,3-8,10H2,1-2H3,(H,14,21). The van der Waals surface area contributed by atoms with E-state index in [1.807, 2.05) is 4.90 Å². The lowest BCUT2D eigenvalue weighted by molar-refractivity contribution is -0.132. The zero-order chi connectivity index (χ0) is 15.2. The summed E-state index contributed by atoms with van der Waals surface area (Å²) in [7, 11) is 3.28. The van der Waals surface area contributed by atoms with E-state index in [-0.39, 0.29) is 18.5 Å². The van der Waals surface area contributed by atoms with Crippen molar-refractivity contribution in [2.45, 2.75) is 32.2 Å². The van der Waals surface area contributed by atoms with E-state index in [0.29, 0.717) is 5.82 Å². The topological polar surface area (TPSA) is 83.4 Å². The number of rotatable bonds is 3. The van der Waals surface area contributed by atoms with Crippen LogP contribution in [0.15, 0.2) is 6.20 Å². The Morgan fingerprint density at radius 1 is 1.24 bits per heavy atom. The highest BCUT2D eigenvalue weighted by Gasteiger charge is 2.16. The van der Waals surface area contributed by atoms with Crippen LogP contribution in [-0.2, 0) is 11.3 Å². The molecule has 1 N–H and O–H groups in total. The van der Waals surface area contributed by atoms with E-state index in [9.17, 15) is 9.59 Å². The highest BCUT2D eigenvalue weighted by Crippen LogP contribution is 2.10. The van der Waals surface area contributed by atoms with Gasteiger partial charge in [0, 0.05) is 27.2 Å². The molecule has 8 nitrogen and oxygen atoms in total. The van der Waals surface area contributed by atoms with Crippen molar-refractivity contribution in [2.24, 2.45) is 0 Å². The molecular formula is C13H22N6O2. The summed E-state index contributed by atoms with van der Waals surface area (Å²) in [6.07, 6.45) is 6.07. The molecule has 2 heterocycles. The van der Waals surface area contributed by atoms with Crippen LogP contribution in [0.5, 0.6) is 0 Å². The van der Waals surface area contributed by atoms with Gasteiger partial charge in [-0.2, -0.15) is 0 Å². The van der Waals surface area contributed by atoms with Crippen LogP contribution in [0, 0.1) is 0 Å². The maximum Gasteiger partial charge on any atom is 0.322 e. The Bertz CT molecular complexity index is 491. The number of hydrogen-bond acceptors (Lipinski definition) is 4. The zero-order valence-corrected chi connectivity index (χ0v) is 12.6. The average Bonchev–Trinajstić information content (AvgIpc) is 2.72. The number of hydrogen-bond donors (Lipinski definition) is 1. The third kappa shape index (κ3) is 4.44. The Balaban J connectivity index is 1.89. The van der Waals surface area contributed by atoms with Crippen LogP contribution in [-0.4, -0.2) is 63.9 Å². The van der Waals surface area contributed by atoms with Gasteiger partial charge in [0.2, 0.25) is 5.91 Å². The van der Waals surface area contributed by atoms with Crippen molar-refractivity contribution < 1.29 is 9.59 Å². The molecule has 8 heteroatoms. The smallest absolute Gasteiger partial charge is 0.322 e. The van der Waals surface area contributed by atoms with Crippen LogP contribution in [0.25, 0.3) is 0 Å². The largest absolute Gasteiger partial charge is 0.341 e. The fourth-order valence-corrected chi connectivity index (χ4v) is 2.21. The second-order valence-corrected chi connectivity index (χ2v) is 5.42. The molecular weight excluding hydrogens is 272 g/mol. The molecule has 0 aromatic carbocycles. The minimum absolute atomic E-state index is 0.0484. The van der Waals surface area contributed by atoms with Gasteiger partial charge in [-0.25, -0.2) is 9.48 Å². The lowest BCUT2D eigenvalue weighted by Gasteiger charge is -2.19. The minimum atomic E-state index is -0.277. The molecule has 0 unspecified atom stereocenters. The summed E-state index contributed by atoms with van der Waals surface area (Å²) >= 11 is 0. The summed E-state index contributed by atoms with van der Waals surface area (Å²) in [5, 5.41) is 10.3. The fraction of sp³-hybridized carbons (Fsp3) is 0.692. The summed E-state index contributed by atoms with van der Waals surface area (Å²) in [5.41, 5.74) is 0. The molecule has 0 radical (unpaired) electrons. The molecule has 1 fully saturated rings. The van der Waals surface area contributed by atoms with Crippen molar-refractivity contribution in [1.82, 2.24) is 24.8 Å². The number of aromatic nitrogens is 3. The molecule has 21 heavy (non-hydrogen) atoms. The highest BCUT2D eigenvalue weighted by molar-refractivity contribution is 5.87. The molecule has 1 aliphatic heterocycles. The maximum absolute atomic E-state index is 12.2. The molecule has 0 bridgehead atoms. The van der Waals surface area contributed by atoms with Crippen molar-refractivity contribution in [3.05, 3.63) is 6.20 Å². The van der Waals surface area contributed by atoms with Gasteiger partial charge in [0.1, 0.15) is 6.54 Å². The number of amides is 3. The molecule has 0 atom stereocenters. The van der Waals surface area contributed by atoms with Crippen molar-refractivity contribution in [3.63, 3.8) is 0 Å². The van der Waals surface area contributed by atoms with Crippen LogP contribution < -0.4 is 5.32 Å². The van der Waals surface area contributed by atoms with Gasteiger partial charge in [0.05, 0.1) is 6.20 Å². The molecule has 0 saturated carbocycles. The van der Waals surface area contributed by atoms with E-state index in [0.717, 1.165) is 25.9 Å². The lowest BCUT2D eigenvalue weighted by atomic mass is 10.2. The van der Waals surface area contributed by atoms with Gasteiger partial charge >= 0.3 is 6.03 Å². The summed E-state index contributed by atoms with van der Waals surface area (Å²) < 4.78 is 1.46. The van der Waals surface area contributed by atoms with Crippen LogP contribution in [0.4, 0.5) is 10.6 Å². The Morgan fingerprint density at radius 3 is 2.52 bits per heavy atom. The van der Waals surface area contributed by atoms with Crippen LogP contribution >= 0.6 is 0 Å². The van der Waals surface area contributed by atoms with Crippen LogP contribution in [0.2, 0.25) is 0 Å². The molecule has 1 saturated heterocycles. The van der Waals surface area contributed by atoms with Gasteiger partial charge in [-0.1, -0.05) is 18.1 Å². The van der Waals surface area contributed by atoms with Gasteiger partial charge in [-0.15, -0.1) is 5.10 Å². The third-order valence-corrected chi connectivity index (χ3v) is 3.44. The Kier molecular flexibility index (Phi) is 5.13. The fourth-order valence-electron chi connectivity index (χ4n) is 2.21.